The van der Waals surface area contributed by atoms with Gasteiger partial charge in [-0.05, 0) is 50.8 Å². The molecule has 1 saturated carbocycles. The van der Waals surface area contributed by atoms with Gasteiger partial charge in [0, 0.05) is 24.3 Å². The van der Waals surface area contributed by atoms with Gasteiger partial charge in [-0.1, -0.05) is 0 Å². The Bertz CT molecular complexity index is 1090. The number of aryl methyl sites for hydroxylation is 1. The first-order valence-electron chi connectivity index (χ1n) is 9.52. The Kier molecular flexibility index (Phi) is 3.65. The van der Waals surface area contributed by atoms with Gasteiger partial charge in [0.15, 0.2) is 11.3 Å². The molecule has 0 radical (unpaired) electrons. The number of carbonyl (C=O) groups is 1. The van der Waals surface area contributed by atoms with E-state index < -0.39 is 0 Å². The Hall–Kier alpha value is -3.03. The zero-order valence-electron chi connectivity index (χ0n) is 15.8. The monoisotopic (exact) mass is 380 g/mol. The lowest BCUT2D eigenvalue weighted by atomic mass is 9.97. The van der Waals surface area contributed by atoms with E-state index in [1.54, 1.807) is 16.8 Å². The minimum atomic E-state index is -0.329. The van der Waals surface area contributed by atoms with Crippen LogP contribution in [-0.4, -0.2) is 38.6 Å². The molecule has 1 amide bonds. The zero-order chi connectivity index (χ0) is 19.5. The maximum absolute atomic E-state index is 14.1. The number of imidazole rings is 1. The zero-order valence-corrected chi connectivity index (χ0v) is 15.8. The molecular formula is C20H21FN6O. The number of carbonyl (C=O) groups excluding carboxylic acids is 1. The first kappa shape index (κ1) is 17.1. The largest absolute Gasteiger partial charge is 0.348 e. The van der Waals surface area contributed by atoms with Crippen molar-refractivity contribution in [3.8, 4) is 0 Å². The average Bonchev–Trinajstić information content (AvgIpc) is 3.38. The lowest BCUT2D eigenvalue weighted by Gasteiger charge is -2.31. The molecule has 28 heavy (non-hydrogen) atoms. The summed E-state index contributed by atoms with van der Waals surface area (Å²) in [4.78, 5) is 23.5. The van der Waals surface area contributed by atoms with Crippen LogP contribution in [0.4, 0.5) is 10.2 Å². The number of amides is 1. The number of halogens is 1. The van der Waals surface area contributed by atoms with Gasteiger partial charge in [0.2, 0.25) is 0 Å². The third-order valence-electron chi connectivity index (χ3n) is 5.92. The van der Waals surface area contributed by atoms with E-state index in [4.69, 9.17) is 0 Å². The Morgan fingerprint density at radius 2 is 2.07 bits per heavy atom. The number of hydrogen-bond acceptors (Lipinski definition) is 5. The normalized spacial score (nSPS) is 21.0. The lowest BCUT2D eigenvalue weighted by Crippen LogP contribution is -2.34. The maximum Gasteiger partial charge on any atom is 0.271 e. The standard InChI is InChI=1S/C20H21FN6O/c1-12-3-4-15-14(9-13(21)10-22-15)20(7-8-20)26(2)18-6-5-17-23-11-16(19(28)24-12)27(17)25-18/h5-6,9-12H,3-4,7-8H2,1-2H3,(H,24,28)/t12-/m1/s1. The third-order valence-corrected chi connectivity index (χ3v) is 5.92. The Labute approximate surface area is 161 Å². The molecule has 0 saturated heterocycles. The molecule has 8 heteroatoms. The van der Waals surface area contributed by atoms with Crippen molar-refractivity contribution in [2.75, 3.05) is 11.9 Å². The summed E-state index contributed by atoms with van der Waals surface area (Å²) in [7, 11) is 1.97. The van der Waals surface area contributed by atoms with Crippen LogP contribution in [0.1, 0.15) is 47.9 Å². The number of fused-ring (bicyclic) bond motifs is 3. The van der Waals surface area contributed by atoms with E-state index in [1.807, 2.05) is 26.1 Å². The number of pyridine rings is 1. The molecule has 1 aliphatic heterocycles. The van der Waals surface area contributed by atoms with Crippen molar-refractivity contribution >= 4 is 17.4 Å². The molecule has 4 heterocycles. The fourth-order valence-corrected chi connectivity index (χ4v) is 4.11. The molecule has 1 aliphatic carbocycles. The van der Waals surface area contributed by atoms with E-state index in [1.165, 1.54) is 6.20 Å². The molecule has 1 fully saturated rings. The minimum Gasteiger partial charge on any atom is -0.348 e. The predicted octanol–water partition coefficient (Wildman–Crippen LogP) is 2.45. The molecule has 3 aromatic rings. The SMILES string of the molecule is C[C@@H]1CCc2ncc(F)cc2C2(CC2)N(C)c2ccc3ncc(n3n2)C(=O)N1. The summed E-state index contributed by atoms with van der Waals surface area (Å²) in [6.07, 6.45) is 6.02. The summed E-state index contributed by atoms with van der Waals surface area (Å²) in [6, 6.07) is 5.28. The van der Waals surface area contributed by atoms with Gasteiger partial charge in [-0.2, -0.15) is 0 Å². The van der Waals surface area contributed by atoms with Gasteiger partial charge in [0.1, 0.15) is 11.6 Å². The molecule has 1 N–H and O–H groups in total. The second kappa shape index (κ2) is 5.98. The summed E-state index contributed by atoms with van der Waals surface area (Å²) >= 11 is 0. The Morgan fingerprint density at radius 3 is 2.86 bits per heavy atom. The number of nitrogens with one attached hydrogen (secondary N) is 1. The van der Waals surface area contributed by atoms with Crippen molar-refractivity contribution in [3.05, 3.63) is 53.4 Å². The summed E-state index contributed by atoms with van der Waals surface area (Å²) in [5.41, 5.74) is 2.50. The van der Waals surface area contributed by atoms with E-state index >= 15 is 0 Å². The van der Waals surface area contributed by atoms with Crippen LogP contribution in [-0.2, 0) is 12.0 Å². The van der Waals surface area contributed by atoms with Crippen molar-refractivity contribution in [1.82, 2.24) is 24.9 Å². The fraction of sp³-hybridized carbons (Fsp3) is 0.400. The molecule has 2 bridgehead atoms. The van der Waals surface area contributed by atoms with Crippen molar-refractivity contribution in [1.29, 1.82) is 0 Å². The molecule has 1 spiro atoms. The van der Waals surface area contributed by atoms with Gasteiger partial charge < -0.3 is 10.2 Å². The van der Waals surface area contributed by atoms with E-state index in [2.05, 4.69) is 25.3 Å². The van der Waals surface area contributed by atoms with Gasteiger partial charge in [0.05, 0.1) is 17.9 Å². The van der Waals surface area contributed by atoms with Crippen LogP contribution in [0, 0.1) is 5.82 Å². The van der Waals surface area contributed by atoms with Gasteiger partial charge in [-0.15, -0.1) is 5.10 Å². The topological polar surface area (TPSA) is 75.4 Å². The van der Waals surface area contributed by atoms with Crippen LogP contribution in [0.15, 0.2) is 30.6 Å². The molecule has 144 valence electrons. The Morgan fingerprint density at radius 1 is 1.25 bits per heavy atom. The van der Waals surface area contributed by atoms with Gasteiger partial charge in [-0.25, -0.2) is 13.9 Å². The highest BCUT2D eigenvalue weighted by Crippen LogP contribution is 2.52. The highest BCUT2D eigenvalue weighted by atomic mass is 19.1. The third kappa shape index (κ3) is 2.55. The molecule has 0 unspecified atom stereocenters. The predicted molar refractivity (Wildman–Crippen MR) is 102 cm³/mol. The average molecular weight is 380 g/mol. The summed E-state index contributed by atoms with van der Waals surface area (Å²) < 4.78 is 15.7. The Balaban J connectivity index is 1.70. The summed E-state index contributed by atoms with van der Waals surface area (Å²) in [6.45, 7) is 1.96. The van der Waals surface area contributed by atoms with Crippen LogP contribution < -0.4 is 10.2 Å². The second-order valence-corrected chi connectivity index (χ2v) is 7.76. The lowest BCUT2D eigenvalue weighted by molar-refractivity contribution is 0.0931. The van der Waals surface area contributed by atoms with Crippen LogP contribution in [0.3, 0.4) is 0 Å². The second-order valence-electron chi connectivity index (χ2n) is 7.76. The number of nitrogens with zero attached hydrogens (tertiary/aromatic N) is 5. The van der Waals surface area contributed by atoms with E-state index in [-0.39, 0.29) is 23.3 Å². The highest BCUT2D eigenvalue weighted by molar-refractivity contribution is 5.93. The van der Waals surface area contributed by atoms with E-state index in [0.717, 1.165) is 24.1 Å². The van der Waals surface area contributed by atoms with Crippen molar-refractivity contribution < 1.29 is 9.18 Å². The van der Waals surface area contributed by atoms with Gasteiger partial charge in [-0.3, -0.25) is 9.78 Å². The molecular weight excluding hydrogens is 359 g/mol. The molecule has 5 rings (SSSR count). The number of hydrogen-bond donors (Lipinski definition) is 1. The van der Waals surface area contributed by atoms with E-state index in [9.17, 15) is 9.18 Å². The van der Waals surface area contributed by atoms with Crippen molar-refractivity contribution in [2.24, 2.45) is 0 Å². The van der Waals surface area contributed by atoms with Gasteiger partial charge >= 0.3 is 0 Å². The highest BCUT2D eigenvalue weighted by Gasteiger charge is 2.50. The minimum absolute atomic E-state index is 0.0606. The molecule has 7 nitrogen and oxygen atoms in total. The first-order chi connectivity index (χ1) is 13.5. The number of anilines is 1. The van der Waals surface area contributed by atoms with Crippen molar-refractivity contribution in [2.45, 2.75) is 44.2 Å². The van der Waals surface area contributed by atoms with Crippen molar-refractivity contribution in [3.63, 3.8) is 0 Å². The molecule has 0 aromatic carbocycles. The summed E-state index contributed by atoms with van der Waals surface area (Å²) in [5, 5.41) is 7.68. The number of rotatable bonds is 0. The summed E-state index contributed by atoms with van der Waals surface area (Å²) in [5.74, 6) is 0.170. The molecule has 2 aliphatic rings. The number of aromatic nitrogens is 4. The first-order valence-corrected chi connectivity index (χ1v) is 9.52. The van der Waals surface area contributed by atoms with E-state index in [0.29, 0.717) is 30.0 Å². The smallest absolute Gasteiger partial charge is 0.271 e. The maximum atomic E-state index is 14.1. The fourth-order valence-electron chi connectivity index (χ4n) is 4.11. The molecule has 1 atom stereocenters. The van der Waals surface area contributed by atoms with Crippen LogP contribution in [0.2, 0.25) is 0 Å². The molecule has 3 aromatic heterocycles. The van der Waals surface area contributed by atoms with Crippen LogP contribution in [0.5, 0.6) is 0 Å². The quantitative estimate of drug-likeness (QED) is 0.648. The van der Waals surface area contributed by atoms with Crippen LogP contribution in [0.25, 0.3) is 5.65 Å². The van der Waals surface area contributed by atoms with Gasteiger partial charge in [0.25, 0.3) is 5.91 Å². The van der Waals surface area contributed by atoms with Crippen LogP contribution >= 0.6 is 0 Å².